The number of aromatic amines is 1. The minimum Gasteiger partial charge on any atom is -0.340 e. The van der Waals surface area contributed by atoms with Crippen LogP contribution in [0, 0.1) is 6.92 Å². The summed E-state index contributed by atoms with van der Waals surface area (Å²) in [6.07, 6.45) is 6.62. The molecule has 0 amide bonds. The fraction of sp³-hybridized carbons (Fsp3) is 0.538. The van der Waals surface area contributed by atoms with E-state index in [-0.39, 0.29) is 0 Å². The van der Waals surface area contributed by atoms with Gasteiger partial charge in [0.25, 0.3) is 0 Å². The number of imidazole rings is 1. The van der Waals surface area contributed by atoms with Crippen molar-refractivity contribution >= 4 is 11.2 Å². The largest absolute Gasteiger partial charge is 0.340 e. The molecule has 3 heteroatoms. The highest BCUT2D eigenvalue weighted by molar-refractivity contribution is 5.70. The van der Waals surface area contributed by atoms with Gasteiger partial charge in [-0.3, -0.25) is 0 Å². The molecule has 16 heavy (non-hydrogen) atoms. The summed E-state index contributed by atoms with van der Waals surface area (Å²) in [5.74, 6) is 1.77. The van der Waals surface area contributed by atoms with Crippen LogP contribution in [0.5, 0.6) is 0 Å². The molecule has 0 unspecified atom stereocenters. The van der Waals surface area contributed by atoms with Crippen LogP contribution in [0.4, 0.5) is 0 Å². The third kappa shape index (κ3) is 1.70. The van der Waals surface area contributed by atoms with Crippen molar-refractivity contribution in [3.63, 3.8) is 0 Å². The highest BCUT2D eigenvalue weighted by Gasteiger charge is 2.18. The number of aromatic nitrogens is 3. The average molecular weight is 215 g/mol. The number of nitrogens with one attached hydrogen (secondary N) is 1. The van der Waals surface area contributed by atoms with Crippen molar-refractivity contribution in [2.45, 2.75) is 44.9 Å². The maximum Gasteiger partial charge on any atom is 0.177 e. The zero-order chi connectivity index (χ0) is 11.0. The van der Waals surface area contributed by atoms with E-state index in [4.69, 9.17) is 0 Å². The molecule has 0 bridgehead atoms. The third-order valence-electron chi connectivity index (χ3n) is 3.50. The summed E-state index contributed by atoms with van der Waals surface area (Å²) in [6.45, 7) is 2.01. The first-order valence-electron chi connectivity index (χ1n) is 6.16. The Balaban J connectivity index is 1.97. The zero-order valence-corrected chi connectivity index (χ0v) is 9.66. The van der Waals surface area contributed by atoms with Gasteiger partial charge in [0.05, 0.1) is 5.52 Å². The molecule has 0 saturated heterocycles. The molecule has 0 atom stereocenters. The molecule has 1 aliphatic rings. The molecule has 84 valence electrons. The molecule has 1 saturated carbocycles. The SMILES string of the molecule is Cc1ccc2[nH]c(C3CCCCC3)nc2n1. The monoisotopic (exact) mass is 215 g/mol. The minimum atomic E-state index is 0.628. The van der Waals surface area contributed by atoms with Gasteiger partial charge in [-0.05, 0) is 31.9 Å². The second-order valence-electron chi connectivity index (χ2n) is 4.78. The van der Waals surface area contributed by atoms with E-state index in [0.29, 0.717) is 5.92 Å². The summed E-state index contributed by atoms with van der Waals surface area (Å²) in [5, 5.41) is 0. The van der Waals surface area contributed by atoms with Gasteiger partial charge < -0.3 is 4.98 Å². The van der Waals surface area contributed by atoms with E-state index < -0.39 is 0 Å². The number of aryl methyl sites for hydroxylation is 1. The number of rotatable bonds is 1. The second kappa shape index (κ2) is 3.89. The van der Waals surface area contributed by atoms with Crippen LogP contribution in [-0.4, -0.2) is 15.0 Å². The highest BCUT2D eigenvalue weighted by Crippen LogP contribution is 2.31. The first-order valence-corrected chi connectivity index (χ1v) is 6.16. The molecule has 0 aromatic carbocycles. The van der Waals surface area contributed by atoms with Crippen molar-refractivity contribution in [2.75, 3.05) is 0 Å². The Morgan fingerprint density at radius 1 is 1.12 bits per heavy atom. The first-order chi connectivity index (χ1) is 7.83. The van der Waals surface area contributed by atoms with Gasteiger partial charge >= 0.3 is 0 Å². The fourth-order valence-electron chi connectivity index (χ4n) is 2.58. The van der Waals surface area contributed by atoms with Gasteiger partial charge in [0.15, 0.2) is 5.65 Å². The van der Waals surface area contributed by atoms with Crippen LogP contribution in [0.2, 0.25) is 0 Å². The average Bonchev–Trinajstić information content (AvgIpc) is 2.73. The molecular formula is C13H17N3. The predicted octanol–water partition coefficient (Wildman–Crippen LogP) is 3.31. The Kier molecular flexibility index (Phi) is 2.39. The normalized spacial score (nSPS) is 18.1. The molecule has 1 fully saturated rings. The topological polar surface area (TPSA) is 41.6 Å². The summed E-state index contributed by atoms with van der Waals surface area (Å²) in [4.78, 5) is 12.5. The van der Waals surface area contributed by atoms with E-state index in [0.717, 1.165) is 22.7 Å². The number of fused-ring (bicyclic) bond motifs is 1. The van der Waals surface area contributed by atoms with Crippen LogP contribution in [-0.2, 0) is 0 Å². The molecule has 3 nitrogen and oxygen atoms in total. The number of nitrogens with zero attached hydrogens (tertiary/aromatic N) is 2. The van der Waals surface area contributed by atoms with E-state index in [9.17, 15) is 0 Å². The Morgan fingerprint density at radius 2 is 1.94 bits per heavy atom. The quantitative estimate of drug-likeness (QED) is 0.792. The van der Waals surface area contributed by atoms with Crippen molar-refractivity contribution in [1.82, 2.24) is 15.0 Å². The van der Waals surface area contributed by atoms with E-state index >= 15 is 0 Å². The molecule has 2 aromatic heterocycles. The molecule has 3 rings (SSSR count). The molecule has 1 aliphatic carbocycles. The van der Waals surface area contributed by atoms with Gasteiger partial charge in [-0.15, -0.1) is 0 Å². The van der Waals surface area contributed by atoms with Crippen LogP contribution in [0.15, 0.2) is 12.1 Å². The van der Waals surface area contributed by atoms with Crippen LogP contribution in [0.3, 0.4) is 0 Å². The van der Waals surface area contributed by atoms with Crippen molar-refractivity contribution < 1.29 is 0 Å². The maximum atomic E-state index is 4.63. The molecule has 0 aliphatic heterocycles. The molecule has 0 radical (unpaired) electrons. The number of H-pyrrole nitrogens is 1. The lowest BCUT2D eigenvalue weighted by atomic mass is 9.89. The Hall–Kier alpha value is -1.38. The Bertz CT molecular complexity index is 495. The number of pyridine rings is 1. The standard InChI is InChI=1S/C13H17N3/c1-9-7-8-11-13(14-9)16-12(15-11)10-5-3-2-4-6-10/h7-8,10H,2-6H2,1H3,(H,14,15,16). The fourth-order valence-corrected chi connectivity index (χ4v) is 2.58. The summed E-state index contributed by atoms with van der Waals surface area (Å²) in [7, 11) is 0. The molecule has 0 spiro atoms. The van der Waals surface area contributed by atoms with Gasteiger partial charge in [0, 0.05) is 11.6 Å². The van der Waals surface area contributed by atoms with Gasteiger partial charge in [0.2, 0.25) is 0 Å². The summed E-state index contributed by atoms with van der Waals surface area (Å²) in [6, 6.07) is 4.11. The minimum absolute atomic E-state index is 0.628. The lowest BCUT2D eigenvalue weighted by Gasteiger charge is -2.18. The Morgan fingerprint density at radius 3 is 2.75 bits per heavy atom. The van der Waals surface area contributed by atoms with Crippen molar-refractivity contribution in [3.05, 3.63) is 23.7 Å². The smallest absolute Gasteiger partial charge is 0.177 e. The van der Waals surface area contributed by atoms with Gasteiger partial charge in [-0.1, -0.05) is 19.3 Å². The van der Waals surface area contributed by atoms with E-state index in [1.54, 1.807) is 0 Å². The van der Waals surface area contributed by atoms with Gasteiger partial charge in [0.1, 0.15) is 5.82 Å². The number of hydrogen-bond donors (Lipinski definition) is 1. The van der Waals surface area contributed by atoms with Crippen LogP contribution < -0.4 is 0 Å². The van der Waals surface area contributed by atoms with Gasteiger partial charge in [-0.25, -0.2) is 9.97 Å². The summed E-state index contributed by atoms with van der Waals surface area (Å²) >= 11 is 0. The summed E-state index contributed by atoms with van der Waals surface area (Å²) in [5.41, 5.74) is 2.99. The second-order valence-corrected chi connectivity index (χ2v) is 4.78. The van der Waals surface area contributed by atoms with E-state index in [2.05, 4.69) is 21.0 Å². The summed E-state index contributed by atoms with van der Waals surface area (Å²) < 4.78 is 0. The third-order valence-corrected chi connectivity index (χ3v) is 3.50. The Labute approximate surface area is 95.3 Å². The van der Waals surface area contributed by atoms with E-state index in [1.165, 1.54) is 32.1 Å². The van der Waals surface area contributed by atoms with Crippen LogP contribution >= 0.6 is 0 Å². The molecular weight excluding hydrogens is 198 g/mol. The van der Waals surface area contributed by atoms with Crippen molar-refractivity contribution in [1.29, 1.82) is 0 Å². The van der Waals surface area contributed by atoms with Gasteiger partial charge in [-0.2, -0.15) is 0 Å². The lowest BCUT2D eigenvalue weighted by Crippen LogP contribution is -2.05. The van der Waals surface area contributed by atoms with E-state index in [1.807, 2.05) is 13.0 Å². The van der Waals surface area contributed by atoms with Crippen LogP contribution in [0.1, 0.15) is 49.5 Å². The van der Waals surface area contributed by atoms with Crippen molar-refractivity contribution in [3.8, 4) is 0 Å². The van der Waals surface area contributed by atoms with Crippen molar-refractivity contribution in [2.24, 2.45) is 0 Å². The molecule has 2 heterocycles. The molecule has 2 aromatic rings. The highest BCUT2D eigenvalue weighted by atomic mass is 15.0. The molecule has 1 N–H and O–H groups in total. The maximum absolute atomic E-state index is 4.63. The number of hydrogen-bond acceptors (Lipinski definition) is 2. The predicted molar refractivity (Wildman–Crippen MR) is 64.5 cm³/mol. The zero-order valence-electron chi connectivity index (χ0n) is 9.66. The first kappa shape index (κ1) is 9.82. The lowest BCUT2D eigenvalue weighted by molar-refractivity contribution is 0.431. The van der Waals surface area contributed by atoms with Crippen LogP contribution in [0.25, 0.3) is 11.2 Å².